The molecule has 0 bridgehead atoms. The summed E-state index contributed by atoms with van der Waals surface area (Å²) in [6.45, 7) is 2.37. The van der Waals surface area contributed by atoms with Crippen LogP contribution in [0, 0.1) is 6.92 Å². The largest absolute Gasteiger partial charge is 0.496 e. The number of methoxy groups -OCH3 is 1. The lowest BCUT2D eigenvalue weighted by Crippen LogP contribution is -2.07. The molecule has 0 unspecified atom stereocenters. The van der Waals surface area contributed by atoms with Gasteiger partial charge < -0.3 is 19.9 Å². The maximum atomic E-state index is 5.42. The third-order valence-electron chi connectivity index (χ3n) is 4.31. The molecule has 0 spiro atoms. The standard InChI is InChI=1S/C22H21N5O2/c1-15-12-21(27-29-15)25-20-13-18(16-8-4-3-5-9-16)24-22(26-20)23-14-17-10-6-7-11-19(17)28-2/h3-13H,14H2,1-2H3,(H2,23,24,25,26,27). The van der Waals surface area contributed by atoms with Gasteiger partial charge in [-0.3, -0.25) is 0 Å². The SMILES string of the molecule is COc1ccccc1CNc1nc(Nc2cc(C)on2)cc(-c2ccccc2)n1. The number of anilines is 3. The van der Waals surface area contributed by atoms with Crippen molar-refractivity contribution in [3.8, 4) is 17.0 Å². The van der Waals surface area contributed by atoms with Gasteiger partial charge in [-0.1, -0.05) is 53.7 Å². The van der Waals surface area contributed by atoms with Crippen molar-refractivity contribution in [3.63, 3.8) is 0 Å². The highest BCUT2D eigenvalue weighted by Crippen LogP contribution is 2.24. The molecule has 2 aromatic carbocycles. The Bertz CT molecular complexity index is 1100. The number of hydrogen-bond donors (Lipinski definition) is 2. The second kappa shape index (κ2) is 8.43. The van der Waals surface area contributed by atoms with Crippen LogP contribution < -0.4 is 15.4 Å². The van der Waals surface area contributed by atoms with Crippen molar-refractivity contribution in [2.45, 2.75) is 13.5 Å². The Hall–Kier alpha value is -3.87. The van der Waals surface area contributed by atoms with Crippen molar-refractivity contribution in [1.82, 2.24) is 15.1 Å². The molecule has 0 saturated heterocycles. The van der Waals surface area contributed by atoms with Crippen molar-refractivity contribution in [2.24, 2.45) is 0 Å². The van der Waals surface area contributed by atoms with Gasteiger partial charge in [0.2, 0.25) is 5.95 Å². The van der Waals surface area contributed by atoms with Gasteiger partial charge in [0.25, 0.3) is 0 Å². The van der Waals surface area contributed by atoms with Gasteiger partial charge in [0.1, 0.15) is 17.3 Å². The van der Waals surface area contributed by atoms with Gasteiger partial charge >= 0.3 is 0 Å². The van der Waals surface area contributed by atoms with Gasteiger partial charge in [0.05, 0.1) is 12.8 Å². The van der Waals surface area contributed by atoms with Crippen LogP contribution in [-0.4, -0.2) is 22.2 Å². The van der Waals surface area contributed by atoms with Gasteiger partial charge in [0, 0.05) is 29.8 Å². The van der Waals surface area contributed by atoms with Crippen molar-refractivity contribution < 1.29 is 9.26 Å². The molecule has 0 aliphatic heterocycles. The normalized spacial score (nSPS) is 10.6. The van der Waals surface area contributed by atoms with Gasteiger partial charge in [-0.2, -0.15) is 4.98 Å². The number of rotatable bonds is 7. The lowest BCUT2D eigenvalue weighted by Gasteiger charge is -2.12. The van der Waals surface area contributed by atoms with Crippen LogP contribution in [0.25, 0.3) is 11.3 Å². The summed E-state index contributed by atoms with van der Waals surface area (Å²) in [6.07, 6.45) is 0. The van der Waals surface area contributed by atoms with Crippen molar-refractivity contribution in [2.75, 3.05) is 17.7 Å². The van der Waals surface area contributed by atoms with Crippen LogP contribution in [0.5, 0.6) is 5.75 Å². The Labute approximate surface area is 168 Å². The third-order valence-corrected chi connectivity index (χ3v) is 4.31. The van der Waals surface area contributed by atoms with E-state index in [0.717, 1.165) is 28.3 Å². The number of nitrogens with zero attached hydrogens (tertiary/aromatic N) is 3. The van der Waals surface area contributed by atoms with E-state index in [0.29, 0.717) is 24.1 Å². The fraction of sp³-hybridized carbons (Fsp3) is 0.136. The molecule has 146 valence electrons. The molecule has 2 aromatic heterocycles. The first-order chi connectivity index (χ1) is 14.2. The first-order valence-electron chi connectivity index (χ1n) is 9.22. The summed E-state index contributed by atoms with van der Waals surface area (Å²) in [5.74, 6) is 3.25. The molecular formula is C22H21N5O2. The lowest BCUT2D eigenvalue weighted by molar-refractivity contribution is 0.400. The molecule has 0 saturated carbocycles. The summed E-state index contributed by atoms with van der Waals surface area (Å²) in [6, 6.07) is 21.5. The minimum atomic E-state index is 0.500. The molecule has 4 aromatic rings. The summed E-state index contributed by atoms with van der Waals surface area (Å²) in [5.41, 5.74) is 2.81. The zero-order valence-electron chi connectivity index (χ0n) is 16.2. The van der Waals surface area contributed by atoms with E-state index in [1.165, 1.54) is 0 Å². The van der Waals surface area contributed by atoms with Crippen LogP contribution in [-0.2, 0) is 6.54 Å². The second-order valence-corrected chi connectivity index (χ2v) is 6.44. The van der Waals surface area contributed by atoms with E-state index in [4.69, 9.17) is 9.26 Å². The van der Waals surface area contributed by atoms with Gasteiger partial charge in [-0.05, 0) is 13.0 Å². The van der Waals surface area contributed by atoms with Crippen LogP contribution in [0.1, 0.15) is 11.3 Å². The van der Waals surface area contributed by atoms with E-state index >= 15 is 0 Å². The summed E-state index contributed by atoms with van der Waals surface area (Å²) < 4.78 is 10.5. The van der Waals surface area contributed by atoms with Crippen molar-refractivity contribution in [1.29, 1.82) is 0 Å². The average molecular weight is 387 g/mol. The smallest absolute Gasteiger partial charge is 0.225 e. The fourth-order valence-electron chi connectivity index (χ4n) is 2.93. The molecule has 4 rings (SSSR count). The van der Waals surface area contributed by atoms with Gasteiger partial charge in [-0.25, -0.2) is 4.98 Å². The number of aryl methyl sites for hydroxylation is 1. The molecule has 2 heterocycles. The number of para-hydroxylation sites is 1. The summed E-state index contributed by atoms with van der Waals surface area (Å²) in [5, 5.41) is 10.4. The number of nitrogens with one attached hydrogen (secondary N) is 2. The number of hydrogen-bond acceptors (Lipinski definition) is 7. The highest BCUT2D eigenvalue weighted by atomic mass is 16.5. The highest BCUT2D eigenvalue weighted by molar-refractivity contribution is 5.66. The molecule has 0 radical (unpaired) electrons. The number of aromatic nitrogens is 3. The van der Waals surface area contributed by atoms with Crippen molar-refractivity contribution in [3.05, 3.63) is 78.1 Å². The first-order valence-corrected chi connectivity index (χ1v) is 9.22. The van der Waals surface area contributed by atoms with E-state index in [9.17, 15) is 0 Å². The van der Waals surface area contributed by atoms with Crippen LogP contribution in [0.4, 0.5) is 17.6 Å². The predicted molar refractivity (Wildman–Crippen MR) is 112 cm³/mol. The van der Waals surface area contributed by atoms with Crippen LogP contribution in [0.3, 0.4) is 0 Å². The maximum Gasteiger partial charge on any atom is 0.225 e. The molecular weight excluding hydrogens is 366 g/mol. The van der Waals surface area contributed by atoms with E-state index in [-0.39, 0.29) is 0 Å². The quantitative estimate of drug-likeness (QED) is 0.471. The molecule has 0 fully saturated rings. The second-order valence-electron chi connectivity index (χ2n) is 6.44. The monoisotopic (exact) mass is 387 g/mol. The predicted octanol–water partition coefficient (Wildman–Crippen LogP) is 4.80. The van der Waals surface area contributed by atoms with Crippen LogP contribution in [0.2, 0.25) is 0 Å². The fourth-order valence-corrected chi connectivity index (χ4v) is 2.93. The Kier molecular flexibility index (Phi) is 5.38. The molecule has 0 aliphatic carbocycles. The van der Waals surface area contributed by atoms with Gasteiger partial charge in [0.15, 0.2) is 5.82 Å². The topological polar surface area (TPSA) is 85.1 Å². The maximum absolute atomic E-state index is 5.42. The zero-order valence-corrected chi connectivity index (χ0v) is 16.2. The molecule has 7 heteroatoms. The highest BCUT2D eigenvalue weighted by Gasteiger charge is 2.10. The Morgan fingerprint density at radius 1 is 0.931 bits per heavy atom. The minimum absolute atomic E-state index is 0.500. The summed E-state index contributed by atoms with van der Waals surface area (Å²) in [7, 11) is 1.66. The third kappa shape index (κ3) is 4.52. The Morgan fingerprint density at radius 2 is 1.72 bits per heavy atom. The molecule has 7 nitrogen and oxygen atoms in total. The van der Waals surface area contributed by atoms with Crippen LogP contribution in [0.15, 0.2) is 71.3 Å². The lowest BCUT2D eigenvalue weighted by atomic mass is 10.1. The van der Waals surface area contributed by atoms with E-state index < -0.39 is 0 Å². The van der Waals surface area contributed by atoms with Gasteiger partial charge in [-0.15, -0.1) is 0 Å². The van der Waals surface area contributed by atoms with E-state index in [1.807, 2.05) is 73.7 Å². The minimum Gasteiger partial charge on any atom is -0.496 e. The molecule has 2 N–H and O–H groups in total. The number of benzene rings is 2. The van der Waals surface area contributed by atoms with E-state index in [2.05, 4.69) is 25.8 Å². The molecule has 29 heavy (non-hydrogen) atoms. The van der Waals surface area contributed by atoms with Crippen LogP contribution >= 0.6 is 0 Å². The number of ether oxygens (including phenoxy) is 1. The molecule has 0 amide bonds. The van der Waals surface area contributed by atoms with Crippen molar-refractivity contribution >= 4 is 17.6 Å². The molecule has 0 aliphatic rings. The van der Waals surface area contributed by atoms with E-state index in [1.54, 1.807) is 7.11 Å². The zero-order chi connectivity index (χ0) is 20.1. The molecule has 0 atom stereocenters. The Balaban J connectivity index is 1.63. The first kappa shape index (κ1) is 18.5. The summed E-state index contributed by atoms with van der Waals surface area (Å²) >= 11 is 0. The summed E-state index contributed by atoms with van der Waals surface area (Å²) in [4.78, 5) is 9.25. The average Bonchev–Trinajstić information content (AvgIpc) is 3.17. The Morgan fingerprint density at radius 3 is 2.48 bits per heavy atom.